The van der Waals surface area contributed by atoms with Crippen molar-refractivity contribution in [3.05, 3.63) is 36.8 Å². The molecule has 1 N–H and O–H groups in total. The number of nitrogens with one attached hydrogen (secondary N) is 1. The molecule has 0 bridgehead atoms. The highest BCUT2D eigenvalue weighted by molar-refractivity contribution is 7.99. The van der Waals surface area contributed by atoms with Gasteiger partial charge in [0.15, 0.2) is 5.16 Å². The second-order valence-corrected chi connectivity index (χ2v) is 6.11. The molecule has 2 aromatic heterocycles. The molecule has 3 heterocycles. The number of rotatable bonds is 4. The Balaban J connectivity index is 1.58. The fourth-order valence-electron chi connectivity index (χ4n) is 2.44. The van der Waals surface area contributed by atoms with E-state index in [9.17, 15) is 4.79 Å². The van der Waals surface area contributed by atoms with Crippen LogP contribution in [0.3, 0.4) is 0 Å². The van der Waals surface area contributed by atoms with E-state index in [1.54, 1.807) is 11.8 Å². The van der Waals surface area contributed by atoms with E-state index in [1.165, 1.54) is 11.0 Å². The summed E-state index contributed by atoms with van der Waals surface area (Å²) in [6, 6.07) is 7.64. The van der Waals surface area contributed by atoms with E-state index in [1.807, 2.05) is 30.5 Å². The number of hydrogen-bond donors (Lipinski definition) is 1. The Morgan fingerprint density at radius 3 is 3.09 bits per heavy atom. The molecular formula is C14H13N7OS. The number of thioether (sulfide) groups is 1. The highest BCUT2D eigenvalue weighted by Gasteiger charge is 2.17. The van der Waals surface area contributed by atoms with E-state index in [-0.39, 0.29) is 12.5 Å². The maximum atomic E-state index is 12.1. The minimum Gasteiger partial charge on any atom is -0.325 e. The van der Waals surface area contributed by atoms with Gasteiger partial charge in [-0.15, -0.1) is 5.10 Å². The topological polar surface area (TPSA) is 90.5 Å². The third kappa shape index (κ3) is 2.82. The highest BCUT2D eigenvalue weighted by Crippen LogP contribution is 2.32. The first-order chi connectivity index (χ1) is 11.3. The van der Waals surface area contributed by atoms with Crippen molar-refractivity contribution in [1.29, 1.82) is 0 Å². The second kappa shape index (κ2) is 5.84. The SMILES string of the molecule is O=C(Cn1cnnn1)Nc1ccccc1-c1cn2c(n1)SCC2. The fraction of sp³-hybridized carbons (Fsp3) is 0.214. The van der Waals surface area contributed by atoms with Crippen LogP contribution in [-0.4, -0.2) is 41.4 Å². The minimum absolute atomic E-state index is 0.0663. The number of fused-ring (bicyclic) bond motifs is 1. The summed E-state index contributed by atoms with van der Waals surface area (Å²) < 4.78 is 3.51. The maximum absolute atomic E-state index is 12.1. The number of tetrazole rings is 1. The number of hydrogen-bond acceptors (Lipinski definition) is 6. The summed E-state index contributed by atoms with van der Waals surface area (Å²) in [6.07, 6.45) is 3.43. The Morgan fingerprint density at radius 2 is 2.26 bits per heavy atom. The van der Waals surface area contributed by atoms with E-state index < -0.39 is 0 Å². The summed E-state index contributed by atoms with van der Waals surface area (Å²) in [6.45, 7) is 1.04. The zero-order chi connectivity index (χ0) is 15.6. The minimum atomic E-state index is -0.189. The van der Waals surface area contributed by atoms with Crippen LogP contribution in [0.25, 0.3) is 11.3 Å². The van der Waals surface area contributed by atoms with Crippen molar-refractivity contribution in [3.8, 4) is 11.3 Å². The lowest BCUT2D eigenvalue weighted by molar-refractivity contribution is -0.116. The van der Waals surface area contributed by atoms with Gasteiger partial charge < -0.3 is 9.88 Å². The number of anilines is 1. The molecule has 1 aliphatic heterocycles. The molecule has 0 radical (unpaired) electrons. The van der Waals surface area contributed by atoms with Crippen LogP contribution in [0.2, 0.25) is 0 Å². The van der Waals surface area contributed by atoms with Crippen LogP contribution in [0.4, 0.5) is 5.69 Å². The van der Waals surface area contributed by atoms with Crippen LogP contribution in [0, 0.1) is 0 Å². The van der Waals surface area contributed by atoms with Crippen molar-refractivity contribution in [3.63, 3.8) is 0 Å². The number of nitrogens with zero attached hydrogens (tertiary/aromatic N) is 6. The number of para-hydroxylation sites is 1. The normalized spacial score (nSPS) is 13.0. The predicted octanol–water partition coefficient (Wildman–Crippen LogP) is 1.28. The smallest absolute Gasteiger partial charge is 0.246 e. The van der Waals surface area contributed by atoms with Crippen LogP contribution in [-0.2, 0) is 17.9 Å². The largest absolute Gasteiger partial charge is 0.325 e. The Hall–Kier alpha value is -2.68. The molecule has 9 heteroatoms. The lowest BCUT2D eigenvalue weighted by Crippen LogP contribution is -2.19. The molecule has 0 saturated carbocycles. The lowest BCUT2D eigenvalue weighted by Gasteiger charge is -2.09. The average Bonchev–Trinajstić information content (AvgIpc) is 3.24. The van der Waals surface area contributed by atoms with Gasteiger partial charge in [0, 0.05) is 24.1 Å². The van der Waals surface area contributed by atoms with Crippen LogP contribution >= 0.6 is 11.8 Å². The first-order valence-corrected chi connectivity index (χ1v) is 8.08. The number of carbonyl (C=O) groups excluding carboxylic acids is 1. The molecule has 3 aromatic rings. The van der Waals surface area contributed by atoms with Crippen molar-refractivity contribution in [2.24, 2.45) is 0 Å². The second-order valence-electron chi connectivity index (χ2n) is 5.05. The molecule has 8 nitrogen and oxygen atoms in total. The molecule has 0 saturated heterocycles. The van der Waals surface area contributed by atoms with Crippen molar-refractivity contribution in [2.45, 2.75) is 18.2 Å². The number of benzene rings is 1. The van der Waals surface area contributed by atoms with Crippen LogP contribution in [0.5, 0.6) is 0 Å². The zero-order valence-corrected chi connectivity index (χ0v) is 12.9. The molecule has 1 aromatic carbocycles. The molecule has 0 aliphatic carbocycles. The van der Waals surface area contributed by atoms with Gasteiger partial charge in [0.1, 0.15) is 12.9 Å². The van der Waals surface area contributed by atoms with Gasteiger partial charge in [0.25, 0.3) is 0 Å². The van der Waals surface area contributed by atoms with E-state index >= 15 is 0 Å². The summed E-state index contributed by atoms with van der Waals surface area (Å²) in [5, 5.41) is 14.6. The summed E-state index contributed by atoms with van der Waals surface area (Å²) >= 11 is 1.74. The fourth-order valence-corrected chi connectivity index (χ4v) is 3.39. The van der Waals surface area contributed by atoms with E-state index in [0.717, 1.165) is 34.4 Å². The first-order valence-electron chi connectivity index (χ1n) is 7.09. The Kier molecular flexibility index (Phi) is 3.54. The van der Waals surface area contributed by atoms with Gasteiger partial charge in [-0.2, -0.15) is 0 Å². The summed E-state index contributed by atoms with van der Waals surface area (Å²) in [5.74, 6) is 0.873. The number of imidazole rings is 1. The van der Waals surface area contributed by atoms with Crippen molar-refractivity contribution < 1.29 is 4.79 Å². The van der Waals surface area contributed by atoms with Crippen LogP contribution in [0.1, 0.15) is 0 Å². The molecule has 0 spiro atoms. The van der Waals surface area contributed by atoms with Crippen LogP contribution in [0.15, 0.2) is 41.9 Å². The summed E-state index contributed by atoms with van der Waals surface area (Å²) in [7, 11) is 0. The number of aromatic nitrogens is 6. The van der Waals surface area contributed by atoms with Gasteiger partial charge in [-0.1, -0.05) is 30.0 Å². The molecule has 0 fully saturated rings. The summed E-state index contributed by atoms with van der Waals surface area (Å²) in [5.41, 5.74) is 2.50. The quantitative estimate of drug-likeness (QED) is 0.776. The maximum Gasteiger partial charge on any atom is 0.246 e. The molecule has 1 aliphatic rings. The molecule has 116 valence electrons. The van der Waals surface area contributed by atoms with Crippen molar-refractivity contribution in [1.82, 2.24) is 29.8 Å². The average molecular weight is 327 g/mol. The molecule has 23 heavy (non-hydrogen) atoms. The highest BCUT2D eigenvalue weighted by atomic mass is 32.2. The number of aryl methyl sites for hydroxylation is 1. The molecular weight excluding hydrogens is 314 g/mol. The van der Waals surface area contributed by atoms with Gasteiger partial charge in [-0.25, -0.2) is 9.67 Å². The molecule has 1 amide bonds. The third-order valence-electron chi connectivity index (χ3n) is 3.48. The van der Waals surface area contributed by atoms with Gasteiger partial charge in [0.05, 0.1) is 11.4 Å². The summed E-state index contributed by atoms with van der Waals surface area (Å²) in [4.78, 5) is 16.8. The molecule has 0 atom stereocenters. The lowest BCUT2D eigenvalue weighted by atomic mass is 10.1. The van der Waals surface area contributed by atoms with Gasteiger partial charge >= 0.3 is 0 Å². The van der Waals surface area contributed by atoms with Gasteiger partial charge in [-0.05, 0) is 16.5 Å². The van der Waals surface area contributed by atoms with Crippen molar-refractivity contribution in [2.75, 3.05) is 11.1 Å². The monoisotopic (exact) mass is 327 g/mol. The number of carbonyl (C=O) groups is 1. The Morgan fingerprint density at radius 1 is 1.35 bits per heavy atom. The van der Waals surface area contributed by atoms with Crippen molar-refractivity contribution >= 4 is 23.4 Å². The van der Waals surface area contributed by atoms with Crippen LogP contribution < -0.4 is 5.32 Å². The molecule has 4 rings (SSSR count). The molecule has 0 unspecified atom stereocenters. The standard InChI is InChI=1S/C14H13N7OS/c22-13(8-21-9-15-18-19-21)16-11-4-2-1-3-10(11)12-7-20-5-6-23-14(20)17-12/h1-4,7,9H,5-6,8H2,(H,16,22). The van der Waals surface area contributed by atoms with E-state index in [4.69, 9.17) is 0 Å². The van der Waals surface area contributed by atoms with E-state index in [2.05, 4.69) is 30.4 Å². The van der Waals surface area contributed by atoms with E-state index in [0.29, 0.717) is 0 Å². The van der Waals surface area contributed by atoms with Gasteiger partial charge in [-0.3, -0.25) is 4.79 Å². The Labute approximate surface area is 135 Å². The Bertz CT molecular complexity index is 821. The number of amides is 1. The third-order valence-corrected chi connectivity index (χ3v) is 4.45. The predicted molar refractivity (Wildman–Crippen MR) is 84.8 cm³/mol. The first kappa shape index (κ1) is 13.9. The zero-order valence-electron chi connectivity index (χ0n) is 12.1. The van der Waals surface area contributed by atoms with Gasteiger partial charge in [0.2, 0.25) is 5.91 Å².